The lowest BCUT2D eigenvalue weighted by molar-refractivity contribution is 0.0693. The van der Waals surface area contributed by atoms with E-state index < -0.39 is 11.5 Å². The Hall–Kier alpha value is -2.63. The van der Waals surface area contributed by atoms with Crippen LogP contribution in [-0.2, 0) is 6.54 Å². The highest BCUT2D eigenvalue weighted by molar-refractivity contribution is 5.88. The molecule has 0 aliphatic rings. The molecule has 0 spiro atoms. The number of aromatic nitrogens is 2. The second-order valence-electron chi connectivity index (χ2n) is 4.74. The molecule has 0 aliphatic carbocycles. The molecule has 0 saturated heterocycles. The molecule has 0 amide bonds. The minimum absolute atomic E-state index is 0.278. The Morgan fingerprint density at radius 3 is 2.73 bits per heavy atom. The highest BCUT2D eigenvalue weighted by atomic mass is 16.5. The van der Waals surface area contributed by atoms with Crippen LogP contribution in [0.1, 0.15) is 30.6 Å². The van der Waals surface area contributed by atoms with E-state index in [0.717, 1.165) is 0 Å². The highest BCUT2D eigenvalue weighted by Gasteiger charge is 2.15. The number of hydrogen-bond acceptors (Lipinski definition) is 4. The van der Waals surface area contributed by atoms with Crippen molar-refractivity contribution in [1.29, 1.82) is 0 Å². The minimum atomic E-state index is -1.25. The van der Waals surface area contributed by atoms with E-state index in [1.807, 2.05) is 19.9 Å². The van der Waals surface area contributed by atoms with Gasteiger partial charge in [0.1, 0.15) is 11.3 Å². The second-order valence-corrected chi connectivity index (χ2v) is 4.74. The van der Waals surface area contributed by atoms with Gasteiger partial charge >= 0.3 is 5.97 Å². The van der Waals surface area contributed by atoms with Gasteiger partial charge < -0.3 is 9.84 Å². The molecule has 0 radical (unpaired) electrons. The minimum Gasteiger partial charge on any atom is -0.494 e. The lowest BCUT2D eigenvalue weighted by Crippen LogP contribution is -2.28. The predicted octanol–water partition coefficient (Wildman–Crippen LogP) is 2.42. The van der Waals surface area contributed by atoms with Crippen molar-refractivity contribution in [3.05, 3.63) is 46.2 Å². The van der Waals surface area contributed by atoms with Crippen molar-refractivity contribution in [3.63, 3.8) is 0 Å². The average molecular weight is 302 g/mol. The standard InChI is InChI=1S/C16H18N2O4/c1-3-8-18-15(19)13(16(20)21)10-14(17-18)11-6-5-7-12(9-11)22-4-2/h5-7,9-10H,3-4,8H2,1-2H3,(H,20,21). The molecule has 6 nitrogen and oxygen atoms in total. The third-order valence-electron chi connectivity index (χ3n) is 3.08. The topological polar surface area (TPSA) is 81.4 Å². The molecular formula is C16H18N2O4. The van der Waals surface area contributed by atoms with Crippen molar-refractivity contribution in [2.45, 2.75) is 26.8 Å². The molecule has 1 aromatic carbocycles. The molecule has 22 heavy (non-hydrogen) atoms. The van der Waals surface area contributed by atoms with Gasteiger partial charge in [-0.1, -0.05) is 19.1 Å². The lowest BCUT2D eigenvalue weighted by Gasteiger charge is -2.09. The Morgan fingerprint density at radius 2 is 2.09 bits per heavy atom. The van der Waals surface area contributed by atoms with Crippen molar-refractivity contribution < 1.29 is 14.6 Å². The van der Waals surface area contributed by atoms with Crippen molar-refractivity contribution in [2.75, 3.05) is 6.61 Å². The summed E-state index contributed by atoms with van der Waals surface area (Å²) < 4.78 is 6.64. The van der Waals surface area contributed by atoms with E-state index in [4.69, 9.17) is 4.74 Å². The zero-order valence-corrected chi connectivity index (χ0v) is 12.6. The molecule has 0 fully saturated rings. The molecule has 1 N–H and O–H groups in total. The fourth-order valence-corrected chi connectivity index (χ4v) is 2.11. The number of nitrogens with zero attached hydrogens (tertiary/aromatic N) is 2. The molecule has 2 rings (SSSR count). The number of rotatable bonds is 6. The number of carbonyl (C=O) groups is 1. The van der Waals surface area contributed by atoms with Crippen LogP contribution in [-0.4, -0.2) is 27.5 Å². The van der Waals surface area contributed by atoms with Gasteiger partial charge in [0.2, 0.25) is 0 Å². The lowest BCUT2D eigenvalue weighted by atomic mass is 10.1. The van der Waals surface area contributed by atoms with Crippen LogP contribution in [0.15, 0.2) is 35.1 Å². The molecule has 1 aromatic heterocycles. The molecule has 2 aromatic rings. The van der Waals surface area contributed by atoms with Crippen LogP contribution in [0.4, 0.5) is 0 Å². The van der Waals surface area contributed by atoms with Gasteiger partial charge in [0.25, 0.3) is 5.56 Å². The Morgan fingerprint density at radius 1 is 1.32 bits per heavy atom. The number of ether oxygens (including phenoxy) is 1. The van der Waals surface area contributed by atoms with Crippen LogP contribution < -0.4 is 10.3 Å². The first-order valence-corrected chi connectivity index (χ1v) is 7.15. The number of aromatic carboxylic acids is 1. The van der Waals surface area contributed by atoms with E-state index in [1.54, 1.807) is 18.2 Å². The summed E-state index contributed by atoms with van der Waals surface area (Å²) in [4.78, 5) is 23.3. The van der Waals surface area contributed by atoms with Crippen LogP contribution >= 0.6 is 0 Å². The molecule has 116 valence electrons. The monoisotopic (exact) mass is 302 g/mol. The second kappa shape index (κ2) is 6.89. The van der Waals surface area contributed by atoms with Crippen molar-refractivity contribution in [3.8, 4) is 17.0 Å². The Bertz CT molecular complexity index is 737. The maximum Gasteiger partial charge on any atom is 0.341 e. The zero-order valence-electron chi connectivity index (χ0n) is 12.6. The van der Waals surface area contributed by atoms with Gasteiger partial charge in [0.05, 0.1) is 12.3 Å². The van der Waals surface area contributed by atoms with Gasteiger partial charge in [0, 0.05) is 12.1 Å². The van der Waals surface area contributed by atoms with Gasteiger partial charge in [-0.15, -0.1) is 0 Å². The molecule has 0 unspecified atom stereocenters. The molecule has 0 aliphatic heterocycles. The number of carboxylic acids is 1. The first-order chi connectivity index (χ1) is 10.6. The highest BCUT2D eigenvalue weighted by Crippen LogP contribution is 2.22. The summed E-state index contributed by atoms with van der Waals surface area (Å²) in [7, 11) is 0. The van der Waals surface area contributed by atoms with Gasteiger partial charge in [-0.2, -0.15) is 5.10 Å². The van der Waals surface area contributed by atoms with E-state index in [-0.39, 0.29) is 5.56 Å². The number of carboxylic acid groups (broad SMARTS) is 1. The molecule has 6 heteroatoms. The average Bonchev–Trinajstić information content (AvgIpc) is 2.50. The fourth-order valence-electron chi connectivity index (χ4n) is 2.11. The van der Waals surface area contributed by atoms with Crippen LogP contribution in [0.2, 0.25) is 0 Å². The zero-order chi connectivity index (χ0) is 16.1. The Balaban J connectivity index is 2.57. The maximum atomic E-state index is 12.0. The van der Waals surface area contributed by atoms with Crippen molar-refractivity contribution in [2.24, 2.45) is 0 Å². The van der Waals surface area contributed by atoms with E-state index in [1.165, 1.54) is 10.7 Å². The van der Waals surface area contributed by atoms with Crippen LogP contribution in [0.5, 0.6) is 5.75 Å². The number of hydrogen-bond donors (Lipinski definition) is 1. The third kappa shape index (κ3) is 3.33. The quantitative estimate of drug-likeness (QED) is 0.886. The van der Waals surface area contributed by atoms with Crippen LogP contribution in [0, 0.1) is 0 Å². The van der Waals surface area contributed by atoms with E-state index >= 15 is 0 Å². The van der Waals surface area contributed by atoms with E-state index in [0.29, 0.717) is 36.6 Å². The summed E-state index contributed by atoms with van der Waals surface area (Å²) in [5.74, 6) is -0.577. The Labute approximate surface area is 128 Å². The van der Waals surface area contributed by atoms with Gasteiger partial charge in [-0.25, -0.2) is 9.48 Å². The summed E-state index contributed by atoms with van der Waals surface area (Å²) in [6, 6.07) is 8.50. The Kier molecular flexibility index (Phi) is 4.93. The van der Waals surface area contributed by atoms with Crippen LogP contribution in [0.25, 0.3) is 11.3 Å². The third-order valence-corrected chi connectivity index (χ3v) is 3.08. The number of benzene rings is 1. The van der Waals surface area contributed by atoms with Crippen molar-refractivity contribution >= 4 is 5.97 Å². The summed E-state index contributed by atoms with van der Waals surface area (Å²) in [5.41, 5.74) is 0.282. The van der Waals surface area contributed by atoms with Crippen molar-refractivity contribution in [1.82, 2.24) is 9.78 Å². The first kappa shape index (κ1) is 15.8. The smallest absolute Gasteiger partial charge is 0.341 e. The molecule has 1 heterocycles. The van der Waals surface area contributed by atoms with E-state index in [9.17, 15) is 14.7 Å². The SMILES string of the molecule is CCCn1nc(-c2cccc(OCC)c2)cc(C(=O)O)c1=O. The van der Waals surface area contributed by atoms with Gasteiger partial charge in [-0.3, -0.25) is 4.79 Å². The maximum absolute atomic E-state index is 12.0. The molecule has 0 bridgehead atoms. The summed E-state index contributed by atoms with van der Waals surface area (Å²) in [6.07, 6.45) is 0.689. The summed E-state index contributed by atoms with van der Waals surface area (Å²) in [6.45, 7) is 4.69. The predicted molar refractivity (Wildman–Crippen MR) is 82.4 cm³/mol. The summed E-state index contributed by atoms with van der Waals surface area (Å²) in [5, 5.41) is 13.5. The van der Waals surface area contributed by atoms with Crippen LogP contribution in [0.3, 0.4) is 0 Å². The largest absolute Gasteiger partial charge is 0.494 e. The molecule has 0 atom stereocenters. The summed E-state index contributed by atoms with van der Waals surface area (Å²) >= 11 is 0. The van der Waals surface area contributed by atoms with Gasteiger partial charge in [0.15, 0.2) is 0 Å². The first-order valence-electron chi connectivity index (χ1n) is 7.15. The fraction of sp³-hybridized carbons (Fsp3) is 0.312. The normalized spacial score (nSPS) is 10.5. The van der Waals surface area contributed by atoms with E-state index in [2.05, 4.69) is 5.10 Å². The number of aryl methyl sites for hydroxylation is 1. The van der Waals surface area contributed by atoms with Gasteiger partial charge in [-0.05, 0) is 31.5 Å². The molecule has 0 saturated carbocycles. The molecular weight excluding hydrogens is 284 g/mol.